The molecular weight excluding hydrogens is 128 g/mol. The Kier molecular flexibility index (Phi) is 3.76. The van der Waals surface area contributed by atoms with Gasteiger partial charge in [0.05, 0.1) is 12.7 Å². The maximum absolute atomic E-state index is 5.19. The second kappa shape index (κ2) is 4.69. The highest BCUT2D eigenvalue weighted by atomic mass is 16.6. The first-order valence-electron chi connectivity index (χ1n) is 4.13. The number of hydrogen-bond acceptors (Lipinski definition) is 2. The monoisotopic (exact) mass is 144 g/mol. The van der Waals surface area contributed by atoms with Crippen LogP contribution in [0.2, 0.25) is 0 Å². The average molecular weight is 144 g/mol. The van der Waals surface area contributed by atoms with E-state index >= 15 is 0 Å². The molecule has 0 aromatic carbocycles. The third-order valence-corrected chi connectivity index (χ3v) is 1.67. The van der Waals surface area contributed by atoms with E-state index in [-0.39, 0.29) is 0 Å². The van der Waals surface area contributed by atoms with Crippen LogP contribution >= 0.6 is 0 Å². The van der Waals surface area contributed by atoms with Gasteiger partial charge in [0.2, 0.25) is 0 Å². The summed E-state index contributed by atoms with van der Waals surface area (Å²) in [4.78, 5) is 0. The Morgan fingerprint density at radius 2 is 2.30 bits per heavy atom. The Morgan fingerprint density at radius 3 is 2.90 bits per heavy atom. The van der Waals surface area contributed by atoms with Crippen molar-refractivity contribution in [2.45, 2.75) is 32.3 Å². The van der Waals surface area contributed by atoms with Gasteiger partial charge in [0.1, 0.15) is 0 Å². The average Bonchev–Trinajstić information content (AvgIpc) is 2.71. The van der Waals surface area contributed by atoms with Gasteiger partial charge in [-0.25, -0.2) is 0 Å². The van der Waals surface area contributed by atoms with Gasteiger partial charge >= 0.3 is 0 Å². The van der Waals surface area contributed by atoms with Gasteiger partial charge in [0.15, 0.2) is 0 Å². The zero-order valence-electron chi connectivity index (χ0n) is 6.64. The molecular formula is C8H16O2. The molecule has 1 fully saturated rings. The molecule has 1 rings (SSSR count). The van der Waals surface area contributed by atoms with Crippen molar-refractivity contribution in [2.75, 3.05) is 19.8 Å². The molecule has 1 aliphatic rings. The third kappa shape index (κ3) is 3.85. The van der Waals surface area contributed by atoms with Crippen molar-refractivity contribution in [3.8, 4) is 0 Å². The Bertz CT molecular complexity index is 79.3. The molecule has 60 valence electrons. The molecule has 0 aromatic heterocycles. The van der Waals surface area contributed by atoms with E-state index in [1.165, 1.54) is 19.3 Å². The van der Waals surface area contributed by atoms with E-state index in [4.69, 9.17) is 9.47 Å². The van der Waals surface area contributed by atoms with Crippen LogP contribution in [0, 0.1) is 0 Å². The van der Waals surface area contributed by atoms with Gasteiger partial charge in [-0.15, -0.1) is 0 Å². The first-order valence-corrected chi connectivity index (χ1v) is 4.13. The predicted molar refractivity (Wildman–Crippen MR) is 40.1 cm³/mol. The second-order valence-corrected chi connectivity index (χ2v) is 2.65. The van der Waals surface area contributed by atoms with Gasteiger partial charge in [-0.2, -0.15) is 0 Å². The predicted octanol–water partition coefficient (Wildman–Crippen LogP) is 1.59. The Morgan fingerprint density at radius 1 is 1.50 bits per heavy atom. The molecule has 1 atom stereocenters. The largest absolute Gasteiger partial charge is 0.382 e. The summed E-state index contributed by atoms with van der Waals surface area (Å²) in [6.45, 7) is 4.79. The van der Waals surface area contributed by atoms with Gasteiger partial charge in [0, 0.05) is 13.2 Å². The number of rotatable bonds is 6. The molecule has 2 nitrogen and oxygen atoms in total. The summed E-state index contributed by atoms with van der Waals surface area (Å²) in [5.41, 5.74) is 0. The highest BCUT2D eigenvalue weighted by Gasteiger charge is 2.20. The standard InChI is InChI=1S/C8H16O2/c1-2-9-6-4-3-5-8-7-10-8/h8H,2-7H2,1H3. The zero-order chi connectivity index (χ0) is 7.23. The van der Waals surface area contributed by atoms with Crippen LogP contribution in [0.15, 0.2) is 0 Å². The van der Waals surface area contributed by atoms with Crippen LogP contribution in [0.3, 0.4) is 0 Å². The van der Waals surface area contributed by atoms with E-state index in [9.17, 15) is 0 Å². The summed E-state index contributed by atoms with van der Waals surface area (Å²) < 4.78 is 10.3. The molecule has 2 heteroatoms. The van der Waals surface area contributed by atoms with Crippen LogP contribution in [-0.4, -0.2) is 25.9 Å². The van der Waals surface area contributed by atoms with Crippen LogP contribution in [0.4, 0.5) is 0 Å². The van der Waals surface area contributed by atoms with E-state index in [2.05, 4.69) is 0 Å². The minimum absolute atomic E-state index is 0.599. The lowest BCUT2D eigenvalue weighted by molar-refractivity contribution is 0.142. The summed E-state index contributed by atoms with van der Waals surface area (Å²) in [7, 11) is 0. The molecule has 1 unspecified atom stereocenters. The Labute approximate surface area is 62.5 Å². The highest BCUT2D eigenvalue weighted by molar-refractivity contribution is 4.67. The first kappa shape index (κ1) is 8.02. The third-order valence-electron chi connectivity index (χ3n) is 1.67. The number of epoxide rings is 1. The number of ether oxygens (including phenoxy) is 2. The van der Waals surface area contributed by atoms with Gasteiger partial charge in [-0.3, -0.25) is 0 Å². The van der Waals surface area contributed by atoms with Crippen molar-refractivity contribution in [2.24, 2.45) is 0 Å². The summed E-state index contributed by atoms with van der Waals surface area (Å²) in [6, 6.07) is 0. The Hall–Kier alpha value is -0.0800. The van der Waals surface area contributed by atoms with Crippen LogP contribution in [0.25, 0.3) is 0 Å². The smallest absolute Gasteiger partial charge is 0.0810 e. The van der Waals surface area contributed by atoms with Crippen LogP contribution in [0.5, 0.6) is 0 Å². The lowest BCUT2D eigenvalue weighted by Gasteiger charge is -1.98. The molecule has 0 amide bonds. The lowest BCUT2D eigenvalue weighted by Crippen LogP contribution is -1.94. The van der Waals surface area contributed by atoms with Gasteiger partial charge in [-0.1, -0.05) is 0 Å². The van der Waals surface area contributed by atoms with Crippen LogP contribution in [-0.2, 0) is 9.47 Å². The van der Waals surface area contributed by atoms with E-state index < -0.39 is 0 Å². The molecule has 1 saturated heterocycles. The zero-order valence-corrected chi connectivity index (χ0v) is 6.64. The molecule has 0 bridgehead atoms. The van der Waals surface area contributed by atoms with Crippen molar-refractivity contribution in [1.29, 1.82) is 0 Å². The SMILES string of the molecule is CCOCCCCC1CO1. The molecule has 0 aliphatic carbocycles. The van der Waals surface area contributed by atoms with E-state index in [1.807, 2.05) is 6.92 Å². The number of hydrogen-bond donors (Lipinski definition) is 0. The summed E-state index contributed by atoms with van der Waals surface area (Å²) in [5.74, 6) is 0. The number of unbranched alkanes of at least 4 members (excludes halogenated alkanes) is 1. The molecule has 0 aromatic rings. The summed E-state index contributed by atoms with van der Waals surface area (Å²) in [5, 5.41) is 0. The summed E-state index contributed by atoms with van der Waals surface area (Å²) >= 11 is 0. The van der Waals surface area contributed by atoms with Crippen LogP contribution < -0.4 is 0 Å². The first-order chi connectivity index (χ1) is 4.93. The quantitative estimate of drug-likeness (QED) is 0.417. The van der Waals surface area contributed by atoms with Gasteiger partial charge in [0.25, 0.3) is 0 Å². The second-order valence-electron chi connectivity index (χ2n) is 2.65. The molecule has 0 spiro atoms. The maximum Gasteiger partial charge on any atom is 0.0810 e. The van der Waals surface area contributed by atoms with E-state index in [1.54, 1.807) is 0 Å². The van der Waals surface area contributed by atoms with Gasteiger partial charge < -0.3 is 9.47 Å². The maximum atomic E-state index is 5.19. The molecule has 0 saturated carbocycles. The highest BCUT2D eigenvalue weighted by Crippen LogP contribution is 2.16. The van der Waals surface area contributed by atoms with Gasteiger partial charge in [-0.05, 0) is 26.2 Å². The molecule has 1 heterocycles. The minimum Gasteiger partial charge on any atom is -0.382 e. The van der Waals surface area contributed by atoms with Crippen molar-refractivity contribution < 1.29 is 9.47 Å². The molecule has 0 radical (unpaired) electrons. The van der Waals surface area contributed by atoms with Crippen molar-refractivity contribution in [3.05, 3.63) is 0 Å². The van der Waals surface area contributed by atoms with Crippen LogP contribution in [0.1, 0.15) is 26.2 Å². The topological polar surface area (TPSA) is 21.8 Å². The minimum atomic E-state index is 0.599. The molecule has 10 heavy (non-hydrogen) atoms. The fraction of sp³-hybridized carbons (Fsp3) is 1.00. The molecule has 0 N–H and O–H groups in total. The Balaban J connectivity index is 1.68. The van der Waals surface area contributed by atoms with E-state index in [0.29, 0.717) is 6.10 Å². The van der Waals surface area contributed by atoms with E-state index in [0.717, 1.165) is 19.8 Å². The fourth-order valence-electron chi connectivity index (χ4n) is 0.955. The van der Waals surface area contributed by atoms with Crippen molar-refractivity contribution in [3.63, 3.8) is 0 Å². The molecule has 1 aliphatic heterocycles. The lowest BCUT2D eigenvalue weighted by atomic mass is 10.2. The normalized spacial score (nSPS) is 23.1. The summed E-state index contributed by atoms with van der Waals surface area (Å²) in [6.07, 6.45) is 4.27. The van der Waals surface area contributed by atoms with Crippen molar-refractivity contribution >= 4 is 0 Å². The fourth-order valence-corrected chi connectivity index (χ4v) is 0.955. The van der Waals surface area contributed by atoms with Crippen molar-refractivity contribution in [1.82, 2.24) is 0 Å².